The van der Waals surface area contributed by atoms with Crippen LogP contribution >= 0.6 is 0 Å². The number of nitrogens with one attached hydrogen (secondary N) is 1. The van der Waals surface area contributed by atoms with E-state index in [-0.39, 0.29) is 5.82 Å². The van der Waals surface area contributed by atoms with Crippen LogP contribution in [0.4, 0.5) is 4.39 Å². The lowest BCUT2D eigenvalue weighted by atomic mass is 10.2. The zero-order valence-electron chi connectivity index (χ0n) is 11.6. The molecule has 1 N–H and O–H groups in total. The van der Waals surface area contributed by atoms with Crippen molar-refractivity contribution in [1.29, 1.82) is 0 Å². The van der Waals surface area contributed by atoms with Gasteiger partial charge in [0, 0.05) is 18.7 Å². The van der Waals surface area contributed by atoms with E-state index in [2.05, 4.69) is 10.2 Å². The van der Waals surface area contributed by atoms with E-state index in [4.69, 9.17) is 4.74 Å². The van der Waals surface area contributed by atoms with Gasteiger partial charge in [-0.3, -0.25) is 4.90 Å². The Balaban J connectivity index is 1.89. The molecule has 19 heavy (non-hydrogen) atoms. The minimum absolute atomic E-state index is 0.267. The summed E-state index contributed by atoms with van der Waals surface area (Å²) in [5, 5.41) is 3.21. The lowest BCUT2D eigenvalue weighted by Gasteiger charge is -2.17. The molecule has 1 aliphatic heterocycles. The van der Waals surface area contributed by atoms with Gasteiger partial charge in [0.2, 0.25) is 0 Å². The van der Waals surface area contributed by atoms with Crippen LogP contribution in [0.15, 0.2) is 18.2 Å². The topological polar surface area (TPSA) is 24.5 Å². The highest BCUT2D eigenvalue weighted by Gasteiger charge is 2.13. The second kappa shape index (κ2) is 7.46. The number of para-hydroxylation sites is 1. The summed E-state index contributed by atoms with van der Waals surface area (Å²) in [6.45, 7) is 7.27. The third-order valence-corrected chi connectivity index (χ3v) is 3.47. The lowest BCUT2D eigenvalue weighted by molar-refractivity contribution is 0.229. The molecule has 2 rings (SSSR count). The van der Waals surface area contributed by atoms with E-state index in [1.165, 1.54) is 18.9 Å². The van der Waals surface area contributed by atoms with Crippen LogP contribution in [0.2, 0.25) is 0 Å². The summed E-state index contributed by atoms with van der Waals surface area (Å²) in [5.74, 6) is 0.138. The van der Waals surface area contributed by atoms with Crippen LogP contribution in [0, 0.1) is 5.82 Å². The Hall–Kier alpha value is -1.13. The molecule has 1 saturated heterocycles. The van der Waals surface area contributed by atoms with Crippen LogP contribution in [-0.4, -0.2) is 37.7 Å². The molecule has 0 aromatic heterocycles. The Bertz CT molecular complexity index is 392. The molecule has 0 radical (unpaired) electrons. The maximum Gasteiger partial charge on any atom is 0.165 e. The number of halogens is 1. The van der Waals surface area contributed by atoms with E-state index in [0.717, 1.165) is 31.7 Å². The summed E-state index contributed by atoms with van der Waals surface area (Å²) < 4.78 is 19.5. The van der Waals surface area contributed by atoms with Crippen molar-refractivity contribution in [1.82, 2.24) is 10.2 Å². The van der Waals surface area contributed by atoms with Crippen LogP contribution in [0.25, 0.3) is 0 Å². The van der Waals surface area contributed by atoms with Gasteiger partial charge in [-0.25, -0.2) is 4.39 Å². The number of ether oxygens (including phenoxy) is 1. The van der Waals surface area contributed by atoms with E-state index in [9.17, 15) is 4.39 Å². The predicted molar refractivity (Wildman–Crippen MR) is 74.9 cm³/mol. The molecule has 0 atom stereocenters. The van der Waals surface area contributed by atoms with Crippen molar-refractivity contribution in [2.24, 2.45) is 0 Å². The Labute approximate surface area is 114 Å². The summed E-state index contributed by atoms with van der Waals surface area (Å²) in [6, 6.07) is 5.10. The number of hydrogen-bond acceptors (Lipinski definition) is 3. The van der Waals surface area contributed by atoms with Crippen molar-refractivity contribution >= 4 is 0 Å². The van der Waals surface area contributed by atoms with Crippen molar-refractivity contribution in [2.75, 3.05) is 32.8 Å². The van der Waals surface area contributed by atoms with Gasteiger partial charge in [0.25, 0.3) is 0 Å². The van der Waals surface area contributed by atoms with Crippen LogP contribution in [0.5, 0.6) is 5.75 Å². The molecule has 1 heterocycles. The van der Waals surface area contributed by atoms with Crippen molar-refractivity contribution in [3.05, 3.63) is 29.6 Å². The number of likely N-dealkylation sites (tertiary alicyclic amines) is 1. The fourth-order valence-electron chi connectivity index (χ4n) is 2.40. The maximum absolute atomic E-state index is 13.8. The van der Waals surface area contributed by atoms with E-state index >= 15 is 0 Å². The molecule has 4 heteroatoms. The Morgan fingerprint density at radius 3 is 2.84 bits per heavy atom. The molecule has 3 nitrogen and oxygen atoms in total. The van der Waals surface area contributed by atoms with Gasteiger partial charge in [-0.15, -0.1) is 0 Å². The molecule has 0 spiro atoms. The predicted octanol–water partition coefficient (Wildman–Crippen LogP) is 2.41. The lowest BCUT2D eigenvalue weighted by Crippen LogP contribution is -2.25. The largest absolute Gasteiger partial charge is 0.489 e. The zero-order valence-corrected chi connectivity index (χ0v) is 11.6. The van der Waals surface area contributed by atoms with Gasteiger partial charge in [-0.2, -0.15) is 0 Å². The Morgan fingerprint density at radius 2 is 2.11 bits per heavy atom. The molecule has 0 bridgehead atoms. The van der Waals surface area contributed by atoms with Gasteiger partial charge >= 0.3 is 0 Å². The van der Waals surface area contributed by atoms with Crippen LogP contribution in [-0.2, 0) is 6.54 Å². The molecule has 0 amide bonds. The van der Waals surface area contributed by atoms with Gasteiger partial charge in [0.1, 0.15) is 6.61 Å². The molecule has 0 aliphatic carbocycles. The van der Waals surface area contributed by atoms with Crippen molar-refractivity contribution in [3.8, 4) is 5.75 Å². The quantitative estimate of drug-likeness (QED) is 0.820. The van der Waals surface area contributed by atoms with Crippen LogP contribution in [0.1, 0.15) is 25.3 Å². The fraction of sp³-hybridized carbons (Fsp3) is 0.600. The molecular formula is C15H23FN2O. The minimum Gasteiger partial charge on any atom is -0.489 e. The summed E-state index contributed by atoms with van der Waals surface area (Å²) in [4.78, 5) is 2.37. The second-order valence-corrected chi connectivity index (χ2v) is 4.91. The first-order chi connectivity index (χ1) is 9.31. The molecule has 1 aromatic rings. The fourth-order valence-corrected chi connectivity index (χ4v) is 2.40. The molecule has 106 valence electrons. The summed E-state index contributed by atoms with van der Waals surface area (Å²) in [6.07, 6.45) is 2.54. The Morgan fingerprint density at radius 1 is 1.32 bits per heavy atom. The average molecular weight is 266 g/mol. The highest BCUT2D eigenvalue weighted by molar-refractivity contribution is 5.34. The monoisotopic (exact) mass is 266 g/mol. The number of benzene rings is 1. The van der Waals surface area contributed by atoms with Gasteiger partial charge in [-0.1, -0.05) is 19.1 Å². The molecule has 0 saturated carbocycles. The van der Waals surface area contributed by atoms with E-state index in [1.807, 2.05) is 13.0 Å². The molecule has 0 unspecified atom stereocenters. The van der Waals surface area contributed by atoms with Gasteiger partial charge < -0.3 is 10.1 Å². The Kier molecular flexibility index (Phi) is 5.61. The van der Waals surface area contributed by atoms with Gasteiger partial charge in [0.05, 0.1) is 0 Å². The third kappa shape index (κ3) is 4.18. The van der Waals surface area contributed by atoms with Crippen LogP contribution in [0.3, 0.4) is 0 Å². The van der Waals surface area contributed by atoms with Crippen LogP contribution < -0.4 is 10.1 Å². The smallest absolute Gasteiger partial charge is 0.165 e. The maximum atomic E-state index is 13.8. The number of nitrogens with zero attached hydrogens (tertiary/aromatic N) is 1. The second-order valence-electron chi connectivity index (χ2n) is 4.91. The highest BCUT2D eigenvalue weighted by Crippen LogP contribution is 2.22. The summed E-state index contributed by atoms with van der Waals surface area (Å²) >= 11 is 0. The standard InChI is InChI=1S/C15H23FN2O/c1-2-17-12-13-6-5-7-14(16)15(13)19-11-10-18-8-3-4-9-18/h5-7,17H,2-4,8-12H2,1H3. The van der Waals surface area contributed by atoms with E-state index < -0.39 is 0 Å². The number of hydrogen-bond donors (Lipinski definition) is 1. The SMILES string of the molecule is CCNCc1cccc(F)c1OCCN1CCCC1. The first-order valence-electron chi connectivity index (χ1n) is 7.14. The third-order valence-electron chi connectivity index (χ3n) is 3.47. The molecule has 1 aromatic carbocycles. The normalized spacial score (nSPS) is 15.9. The van der Waals surface area contributed by atoms with Crippen molar-refractivity contribution in [3.63, 3.8) is 0 Å². The average Bonchev–Trinajstić information content (AvgIpc) is 2.92. The zero-order chi connectivity index (χ0) is 13.5. The molecule has 1 aliphatic rings. The number of rotatable bonds is 7. The minimum atomic E-state index is -0.267. The van der Waals surface area contributed by atoms with E-state index in [0.29, 0.717) is 18.9 Å². The van der Waals surface area contributed by atoms with E-state index in [1.54, 1.807) is 6.07 Å². The first-order valence-corrected chi connectivity index (χ1v) is 7.14. The summed E-state index contributed by atoms with van der Waals surface area (Å²) in [7, 11) is 0. The van der Waals surface area contributed by atoms with Crippen molar-refractivity contribution < 1.29 is 9.13 Å². The summed E-state index contributed by atoms with van der Waals surface area (Å²) in [5.41, 5.74) is 0.892. The highest BCUT2D eigenvalue weighted by atomic mass is 19.1. The van der Waals surface area contributed by atoms with Crippen molar-refractivity contribution in [2.45, 2.75) is 26.3 Å². The van der Waals surface area contributed by atoms with Gasteiger partial charge in [0.15, 0.2) is 11.6 Å². The first kappa shape index (κ1) is 14.3. The molecular weight excluding hydrogens is 243 g/mol. The molecule has 1 fully saturated rings. The van der Waals surface area contributed by atoms with Gasteiger partial charge in [-0.05, 0) is 38.5 Å².